The highest BCUT2D eigenvalue weighted by atomic mass is 16.5. The van der Waals surface area contributed by atoms with Crippen LogP contribution in [-0.4, -0.2) is 32.2 Å². The molecule has 2 N–H and O–H groups in total. The third kappa shape index (κ3) is 3.94. The molecule has 0 aromatic heterocycles. The zero-order valence-electron chi connectivity index (χ0n) is 9.56. The molecule has 2 amide bonds. The van der Waals surface area contributed by atoms with E-state index in [0.717, 1.165) is 5.56 Å². The summed E-state index contributed by atoms with van der Waals surface area (Å²) in [6.45, 7) is 0. The number of methoxy groups -OCH3 is 1. The van der Waals surface area contributed by atoms with Gasteiger partial charge in [0.2, 0.25) is 0 Å². The van der Waals surface area contributed by atoms with Crippen LogP contribution in [0.3, 0.4) is 0 Å². The van der Waals surface area contributed by atoms with Crippen LogP contribution in [-0.2, 0) is 9.59 Å². The lowest BCUT2D eigenvalue weighted by Gasteiger charge is -2.00. The van der Waals surface area contributed by atoms with Crippen molar-refractivity contribution in [2.75, 3.05) is 14.2 Å². The first-order chi connectivity index (χ1) is 8.17. The van der Waals surface area contributed by atoms with Crippen LogP contribution < -0.4 is 15.5 Å². The number of hydrazone groups is 1. The molecule has 1 rings (SSSR count). The number of nitrogens with zero attached hydrogens (tertiary/aromatic N) is 1. The number of ether oxygens (including phenoxy) is 1. The van der Waals surface area contributed by atoms with Crippen molar-refractivity contribution in [1.82, 2.24) is 10.7 Å². The van der Waals surface area contributed by atoms with E-state index in [4.69, 9.17) is 4.74 Å². The van der Waals surface area contributed by atoms with Gasteiger partial charge in [-0.25, -0.2) is 5.43 Å². The van der Waals surface area contributed by atoms with Gasteiger partial charge in [-0.05, 0) is 17.7 Å². The van der Waals surface area contributed by atoms with Crippen molar-refractivity contribution in [2.45, 2.75) is 0 Å². The molecule has 0 unspecified atom stereocenters. The van der Waals surface area contributed by atoms with Gasteiger partial charge in [0.25, 0.3) is 0 Å². The molecule has 1 aromatic carbocycles. The number of benzene rings is 1. The Morgan fingerprint density at radius 2 is 2.12 bits per heavy atom. The second-order valence-corrected chi connectivity index (χ2v) is 3.05. The van der Waals surface area contributed by atoms with Gasteiger partial charge < -0.3 is 10.1 Å². The van der Waals surface area contributed by atoms with Crippen LogP contribution in [0.25, 0.3) is 0 Å². The number of hydrogen-bond acceptors (Lipinski definition) is 4. The summed E-state index contributed by atoms with van der Waals surface area (Å²) >= 11 is 0. The van der Waals surface area contributed by atoms with Crippen molar-refractivity contribution in [3.63, 3.8) is 0 Å². The summed E-state index contributed by atoms with van der Waals surface area (Å²) in [4.78, 5) is 21.9. The topological polar surface area (TPSA) is 79.8 Å². The molecule has 0 aliphatic heterocycles. The Hall–Kier alpha value is -2.37. The Balaban J connectivity index is 2.59. The summed E-state index contributed by atoms with van der Waals surface area (Å²) in [5, 5.41) is 5.83. The molecule has 1 aromatic rings. The smallest absolute Gasteiger partial charge is 0.329 e. The molecule has 0 bridgehead atoms. The lowest BCUT2D eigenvalue weighted by molar-refractivity contribution is -0.138. The quantitative estimate of drug-likeness (QED) is 0.436. The third-order valence-corrected chi connectivity index (χ3v) is 1.91. The zero-order valence-corrected chi connectivity index (χ0v) is 9.56. The van der Waals surface area contributed by atoms with Crippen LogP contribution >= 0.6 is 0 Å². The number of hydrogen-bond donors (Lipinski definition) is 2. The highest BCUT2D eigenvalue weighted by molar-refractivity contribution is 6.34. The van der Waals surface area contributed by atoms with Crippen molar-refractivity contribution in [3.8, 4) is 5.75 Å². The maximum absolute atomic E-state index is 11.0. The van der Waals surface area contributed by atoms with Crippen molar-refractivity contribution >= 4 is 18.0 Å². The van der Waals surface area contributed by atoms with Gasteiger partial charge >= 0.3 is 11.8 Å². The average molecular weight is 235 g/mol. The van der Waals surface area contributed by atoms with E-state index in [1.54, 1.807) is 31.4 Å². The third-order valence-electron chi connectivity index (χ3n) is 1.91. The summed E-state index contributed by atoms with van der Waals surface area (Å²) in [5.41, 5.74) is 2.85. The fourth-order valence-corrected chi connectivity index (χ4v) is 1.05. The van der Waals surface area contributed by atoms with E-state index >= 15 is 0 Å². The molecule has 0 radical (unpaired) electrons. The van der Waals surface area contributed by atoms with Crippen molar-refractivity contribution in [1.29, 1.82) is 0 Å². The molecule has 0 aliphatic carbocycles. The largest absolute Gasteiger partial charge is 0.497 e. The predicted octanol–water partition coefficient (Wildman–Crippen LogP) is -0.109. The maximum Gasteiger partial charge on any atom is 0.329 e. The van der Waals surface area contributed by atoms with Crippen LogP contribution in [0, 0.1) is 0 Å². The first-order valence-electron chi connectivity index (χ1n) is 4.86. The van der Waals surface area contributed by atoms with E-state index in [-0.39, 0.29) is 0 Å². The normalized spacial score (nSPS) is 10.0. The minimum atomic E-state index is -0.813. The molecule has 0 saturated carbocycles. The molecule has 17 heavy (non-hydrogen) atoms. The second kappa shape index (κ2) is 6.26. The number of nitrogens with one attached hydrogen (secondary N) is 2. The Bertz CT molecular complexity index is 443. The van der Waals surface area contributed by atoms with Crippen LogP contribution in [0.4, 0.5) is 0 Å². The van der Waals surface area contributed by atoms with E-state index in [0.29, 0.717) is 5.75 Å². The zero-order chi connectivity index (χ0) is 12.7. The van der Waals surface area contributed by atoms with Crippen molar-refractivity contribution < 1.29 is 14.3 Å². The Morgan fingerprint density at radius 1 is 1.35 bits per heavy atom. The van der Waals surface area contributed by atoms with Gasteiger partial charge in [0.1, 0.15) is 5.75 Å². The maximum atomic E-state index is 11.0. The number of amides is 2. The molecule has 0 spiro atoms. The molecular formula is C11H13N3O3. The van der Waals surface area contributed by atoms with Gasteiger partial charge in [0.05, 0.1) is 13.3 Å². The van der Waals surface area contributed by atoms with Crippen LogP contribution in [0.15, 0.2) is 29.4 Å². The van der Waals surface area contributed by atoms with E-state index in [1.165, 1.54) is 13.3 Å². The molecule has 0 aliphatic rings. The highest BCUT2D eigenvalue weighted by Crippen LogP contribution is 2.10. The molecule has 0 saturated heterocycles. The average Bonchev–Trinajstić information content (AvgIpc) is 2.37. The Kier molecular flexibility index (Phi) is 4.68. The fraction of sp³-hybridized carbons (Fsp3) is 0.182. The first kappa shape index (κ1) is 12.7. The molecule has 6 nitrogen and oxygen atoms in total. The van der Waals surface area contributed by atoms with Gasteiger partial charge in [-0.15, -0.1) is 0 Å². The standard InChI is InChI=1S/C11H13N3O3/c1-12-10(15)11(16)14-13-7-8-4-3-5-9(6-8)17-2/h3-7H,1-2H3,(H,12,15)(H,14,16)/b13-7-. The van der Waals surface area contributed by atoms with Gasteiger partial charge in [-0.2, -0.15) is 5.10 Å². The highest BCUT2D eigenvalue weighted by Gasteiger charge is 2.08. The van der Waals surface area contributed by atoms with Crippen LogP contribution in [0.1, 0.15) is 5.56 Å². The van der Waals surface area contributed by atoms with Crippen molar-refractivity contribution in [3.05, 3.63) is 29.8 Å². The predicted molar refractivity (Wildman–Crippen MR) is 62.8 cm³/mol. The number of carbonyl (C=O) groups is 2. The summed E-state index contributed by atoms with van der Waals surface area (Å²) in [6.07, 6.45) is 1.42. The summed E-state index contributed by atoms with van der Waals surface area (Å²) in [6, 6.07) is 7.12. The van der Waals surface area contributed by atoms with E-state index in [2.05, 4.69) is 15.8 Å². The van der Waals surface area contributed by atoms with Gasteiger partial charge in [-0.1, -0.05) is 12.1 Å². The molecule has 0 atom stereocenters. The van der Waals surface area contributed by atoms with Gasteiger partial charge in [-0.3, -0.25) is 9.59 Å². The van der Waals surface area contributed by atoms with Crippen LogP contribution in [0.2, 0.25) is 0 Å². The minimum Gasteiger partial charge on any atom is -0.497 e. The molecule has 0 heterocycles. The molecule has 90 valence electrons. The van der Waals surface area contributed by atoms with E-state index in [9.17, 15) is 9.59 Å². The molecule has 0 fully saturated rings. The van der Waals surface area contributed by atoms with Gasteiger partial charge in [0.15, 0.2) is 0 Å². The first-order valence-corrected chi connectivity index (χ1v) is 4.86. The number of carbonyl (C=O) groups excluding carboxylic acids is 2. The van der Waals surface area contributed by atoms with E-state index < -0.39 is 11.8 Å². The summed E-state index contributed by atoms with van der Waals surface area (Å²) < 4.78 is 5.02. The lowest BCUT2D eigenvalue weighted by Crippen LogP contribution is -2.35. The van der Waals surface area contributed by atoms with Crippen molar-refractivity contribution in [2.24, 2.45) is 5.10 Å². The summed E-state index contributed by atoms with van der Waals surface area (Å²) in [7, 11) is 2.93. The number of likely N-dealkylation sites (N-methyl/N-ethyl adjacent to an activating group) is 1. The monoisotopic (exact) mass is 235 g/mol. The lowest BCUT2D eigenvalue weighted by atomic mass is 10.2. The fourth-order valence-electron chi connectivity index (χ4n) is 1.05. The molecule has 6 heteroatoms. The minimum absolute atomic E-state index is 0.687. The molecular weight excluding hydrogens is 222 g/mol. The van der Waals surface area contributed by atoms with E-state index in [1.807, 2.05) is 0 Å². The second-order valence-electron chi connectivity index (χ2n) is 3.05. The summed E-state index contributed by atoms with van der Waals surface area (Å²) in [5.74, 6) is -0.869. The SMILES string of the molecule is CNC(=O)C(=O)N/N=C\c1cccc(OC)c1. The number of rotatable bonds is 3. The van der Waals surface area contributed by atoms with Crippen LogP contribution in [0.5, 0.6) is 5.75 Å². The Labute approximate surface area is 98.7 Å². The van der Waals surface area contributed by atoms with Gasteiger partial charge in [0, 0.05) is 7.05 Å². The Morgan fingerprint density at radius 3 is 2.76 bits per heavy atom.